The highest BCUT2D eigenvalue weighted by molar-refractivity contribution is 7.89. The van der Waals surface area contributed by atoms with Crippen LogP contribution in [0, 0.1) is 0 Å². The number of fused-ring (bicyclic) bond motifs is 1. The minimum Gasteiger partial charge on any atom is -0.486 e. The summed E-state index contributed by atoms with van der Waals surface area (Å²) in [7, 11) is -3.21. The third-order valence-electron chi connectivity index (χ3n) is 4.83. The molecule has 0 aliphatic carbocycles. The molecule has 0 amide bonds. The van der Waals surface area contributed by atoms with E-state index in [0.29, 0.717) is 48.7 Å². The van der Waals surface area contributed by atoms with Crippen molar-refractivity contribution < 1.29 is 17.9 Å². The zero-order valence-corrected chi connectivity index (χ0v) is 15.3. The maximum absolute atomic E-state index is 12.5. The minimum absolute atomic E-state index is 0.0149. The van der Waals surface area contributed by atoms with E-state index in [4.69, 9.17) is 16.3 Å². The van der Waals surface area contributed by atoms with E-state index in [0.717, 1.165) is 6.42 Å². The molecule has 1 fully saturated rings. The van der Waals surface area contributed by atoms with Crippen molar-refractivity contribution in [2.24, 2.45) is 0 Å². The molecule has 0 atom stereocenters. The first-order valence-corrected chi connectivity index (χ1v) is 10.3. The number of nitrogens with zero attached hydrogens (tertiary/aromatic N) is 1. The summed E-state index contributed by atoms with van der Waals surface area (Å²) in [5.74, 6) is 0.761. The van der Waals surface area contributed by atoms with E-state index in [1.54, 1.807) is 22.5 Å². The van der Waals surface area contributed by atoms with Crippen LogP contribution in [0.5, 0.6) is 5.75 Å². The molecule has 24 heavy (non-hydrogen) atoms. The first kappa shape index (κ1) is 17.7. The Hall–Kier alpha value is -1.11. The summed E-state index contributed by atoms with van der Waals surface area (Å²) in [4.78, 5) is 12.5. The van der Waals surface area contributed by atoms with Crippen LogP contribution in [0.3, 0.4) is 0 Å². The molecule has 1 spiro atoms. The lowest BCUT2D eigenvalue weighted by Gasteiger charge is -2.43. The van der Waals surface area contributed by atoms with Gasteiger partial charge >= 0.3 is 0 Å². The average Bonchev–Trinajstić information content (AvgIpc) is 2.54. The third kappa shape index (κ3) is 3.46. The van der Waals surface area contributed by atoms with Gasteiger partial charge < -0.3 is 4.74 Å². The van der Waals surface area contributed by atoms with Gasteiger partial charge in [-0.15, -0.1) is 0 Å². The number of carbonyl (C=O) groups excluding carboxylic acids is 1. The molecule has 1 saturated heterocycles. The lowest BCUT2D eigenvalue weighted by molar-refractivity contribution is 0.00592. The molecule has 2 aliphatic rings. The van der Waals surface area contributed by atoms with Crippen LogP contribution in [0.4, 0.5) is 0 Å². The van der Waals surface area contributed by atoms with E-state index in [1.807, 2.05) is 6.92 Å². The molecule has 5 nitrogen and oxygen atoms in total. The number of Topliss-reactive ketones (excluding diaryl/α,β-unsaturated/α-hetero) is 1. The van der Waals surface area contributed by atoms with Crippen molar-refractivity contribution in [3.05, 3.63) is 28.8 Å². The van der Waals surface area contributed by atoms with Gasteiger partial charge in [-0.05, 0) is 24.6 Å². The molecule has 3 rings (SSSR count). The number of piperidine rings is 1. The summed E-state index contributed by atoms with van der Waals surface area (Å²) in [5, 5.41) is 0.512. The standard InChI is InChI=1S/C17H22ClNO4S/c1-2-3-10-24(21,22)19-8-6-17(7-9-19)12-15(20)14-11-13(18)4-5-16(14)23-17/h4-5,11H,2-3,6-10,12H2,1H3. The molecule has 0 unspecified atom stereocenters. The summed E-state index contributed by atoms with van der Waals surface area (Å²) in [6.45, 7) is 2.79. The van der Waals surface area contributed by atoms with Gasteiger partial charge in [0.15, 0.2) is 5.78 Å². The van der Waals surface area contributed by atoms with Crippen LogP contribution in [-0.2, 0) is 10.0 Å². The van der Waals surface area contributed by atoms with E-state index >= 15 is 0 Å². The summed E-state index contributed by atoms with van der Waals surface area (Å²) >= 11 is 5.95. The van der Waals surface area contributed by atoms with Gasteiger partial charge in [0.1, 0.15) is 11.4 Å². The number of benzene rings is 1. The fourth-order valence-electron chi connectivity index (χ4n) is 3.37. The quantitative estimate of drug-likeness (QED) is 0.814. The van der Waals surface area contributed by atoms with E-state index in [-0.39, 0.29) is 18.0 Å². The zero-order valence-electron chi connectivity index (χ0n) is 13.8. The molecule has 132 valence electrons. The Bertz CT molecular complexity index is 739. The summed E-state index contributed by atoms with van der Waals surface area (Å²) in [5.41, 5.74) is -0.0690. The van der Waals surface area contributed by atoms with Crippen molar-refractivity contribution in [1.82, 2.24) is 4.31 Å². The number of unbranched alkanes of at least 4 members (excludes halogenated alkanes) is 1. The van der Waals surface area contributed by atoms with Crippen LogP contribution in [0.25, 0.3) is 0 Å². The Balaban J connectivity index is 1.72. The molecule has 2 heterocycles. The van der Waals surface area contributed by atoms with Gasteiger partial charge in [-0.2, -0.15) is 0 Å². The van der Waals surface area contributed by atoms with Crippen molar-refractivity contribution in [2.45, 2.75) is 44.6 Å². The second-order valence-corrected chi connectivity index (χ2v) is 9.12. The van der Waals surface area contributed by atoms with Crippen molar-refractivity contribution >= 4 is 27.4 Å². The van der Waals surface area contributed by atoms with Crippen molar-refractivity contribution in [1.29, 1.82) is 0 Å². The first-order valence-electron chi connectivity index (χ1n) is 8.35. The molecule has 0 N–H and O–H groups in total. The van der Waals surface area contributed by atoms with Gasteiger partial charge in [0.25, 0.3) is 0 Å². The van der Waals surface area contributed by atoms with Crippen LogP contribution in [0.1, 0.15) is 49.4 Å². The number of carbonyl (C=O) groups is 1. The number of ether oxygens (including phenoxy) is 1. The number of hydrogen-bond acceptors (Lipinski definition) is 4. The Morgan fingerprint density at radius 1 is 1.29 bits per heavy atom. The van der Waals surface area contributed by atoms with Crippen molar-refractivity contribution in [3.63, 3.8) is 0 Å². The number of sulfonamides is 1. The molecular weight excluding hydrogens is 350 g/mol. The fourth-order valence-corrected chi connectivity index (χ4v) is 5.20. The average molecular weight is 372 g/mol. The molecule has 2 aliphatic heterocycles. The van der Waals surface area contributed by atoms with E-state index < -0.39 is 15.6 Å². The lowest BCUT2D eigenvalue weighted by Crippen LogP contribution is -2.52. The molecular formula is C17H22ClNO4S. The molecule has 0 bridgehead atoms. The maximum atomic E-state index is 12.5. The van der Waals surface area contributed by atoms with E-state index in [1.165, 1.54) is 0 Å². The van der Waals surface area contributed by atoms with Crippen LogP contribution in [-0.4, -0.2) is 42.9 Å². The Morgan fingerprint density at radius 2 is 2.00 bits per heavy atom. The van der Waals surface area contributed by atoms with Crippen LogP contribution >= 0.6 is 11.6 Å². The first-order chi connectivity index (χ1) is 11.4. The van der Waals surface area contributed by atoms with Crippen LogP contribution < -0.4 is 4.74 Å². The second-order valence-electron chi connectivity index (χ2n) is 6.59. The smallest absolute Gasteiger partial charge is 0.214 e. The SMILES string of the molecule is CCCCS(=O)(=O)N1CCC2(CC1)CC(=O)c1cc(Cl)ccc1O2. The van der Waals surface area contributed by atoms with Crippen LogP contribution in [0.2, 0.25) is 5.02 Å². The lowest BCUT2D eigenvalue weighted by atomic mass is 9.83. The van der Waals surface area contributed by atoms with Gasteiger partial charge in [-0.1, -0.05) is 24.9 Å². The topological polar surface area (TPSA) is 63.7 Å². The van der Waals surface area contributed by atoms with E-state index in [2.05, 4.69) is 0 Å². The summed E-state index contributed by atoms with van der Waals surface area (Å²) in [6.07, 6.45) is 2.88. The monoisotopic (exact) mass is 371 g/mol. The van der Waals surface area contributed by atoms with Crippen molar-refractivity contribution in [3.8, 4) is 5.75 Å². The number of hydrogen-bond donors (Lipinski definition) is 0. The number of halogens is 1. The number of ketones is 1. The van der Waals surface area contributed by atoms with Crippen LogP contribution in [0.15, 0.2) is 18.2 Å². The Kier molecular flexibility index (Phi) is 4.91. The second kappa shape index (κ2) is 6.65. The predicted molar refractivity (Wildman–Crippen MR) is 93.3 cm³/mol. The highest BCUT2D eigenvalue weighted by Gasteiger charge is 2.44. The van der Waals surface area contributed by atoms with E-state index in [9.17, 15) is 13.2 Å². The van der Waals surface area contributed by atoms with Gasteiger partial charge in [0.05, 0.1) is 17.7 Å². The van der Waals surface area contributed by atoms with Gasteiger partial charge in [0, 0.05) is 31.0 Å². The molecule has 1 aromatic rings. The minimum atomic E-state index is -3.21. The third-order valence-corrected chi connectivity index (χ3v) is 7.03. The molecule has 1 aromatic carbocycles. The molecule has 0 radical (unpaired) electrons. The molecule has 0 aromatic heterocycles. The molecule has 7 heteroatoms. The van der Waals surface area contributed by atoms with Crippen molar-refractivity contribution in [2.75, 3.05) is 18.8 Å². The predicted octanol–water partition coefficient (Wildman–Crippen LogP) is 3.27. The van der Waals surface area contributed by atoms with Gasteiger partial charge in [0.2, 0.25) is 10.0 Å². The molecule has 0 saturated carbocycles. The fraction of sp³-hybridized carbons (Fsp3) is 0.588. The largest absolute Gasteiger partial charge is 0.486 e. The highest BCUT2D eigenvalue weighted by atomic mass is 35.5. The summed E-state index contributed by atoms with van der Waals surface area (Å²) in [6, 6.07) is 5.06. The number of rotatable bonds is 4. The van der Waals surface area contributed by atoms with Gasteiger partial charge in [-0.25, -0.2) is 12.7 Å². The maximum Gasteiger partial charge on any atom is 0.214 e. The Labute approximate surface area is 148 Å². The normalized spacial score (nSPS) is 20.7. The Morgan fingerprint density at radius 3 is 2.67 bits per heavy atom. The highest BCUT2D eigenvalue weighted by Crippen LogP contribution is 2.40. The summed E-state index contributed by atoms with van der Waals surface area (Å²) < 4.78 is 32.3. The zero-order chi connectivity index (χ0) is 17.4. The van der Waals surface area contributed by atoms with Gasteiger partial charge in [-0.3, -0.25) is 4.79 Å².